The molecule has 0 saturated heterocycles. The summed E-state index contributed by atoms with van der Waals surface area (Å²) in [7, 11) is -8.23. The van der Waals surface area contributed by atoms with Crippen molar-refractivity contribution >= 4 is 60.1 Å². The molecule has 0 bridgehead atoms. The van der Waals surface area contributed by atoms with E-state index in [0.29, 0.717) is 0 Å². The maximum atomic E-state index is 12.3. The minimum Gasteiger partial charge on any atom is -0.507 e. The summed E-state index contributed by atoms with van der Waals surface area (Å²) in [6.45, 7) is -0.235. The van der Waals surface area contributed by atoms with Gasteiger partial charge in [-0.2, -0.15) is 13.5 Å². The van der Waals surface area contributed by atoms with Gasteiger partial charge in [-0.3, -0.25) is 8.74 Å². The van der Waals surface area contributed by atoms with Gasteiger partial charge < -0.3 is 10.8 Å². The summed E-state index contributed by atoms with van der Waals surface area (Å²) in [5.41, 5.74) is 6.40. The Kier molecular flexibility index (Phi) is 8.05. The highest BCUT2D eigenvalue weighted by Gasteiger charge is 2.17. The summed E-state index contributed by atoms with van der Waals surface area (Å²) in [6, 6.07) is 10.3. The zero-order chi connectivity index (χ0) is 24.9. The number of rotatable bonds is 10. The first kappa shape index (κ1) is 25.8. The van der Waals surface area contributed by atoms with Crippen molar-refractivity contribution < 1.29 is 45.3 Å². The topological polar surface area (TPSA) is 207 Å². The second-order valence-electron chi connectivity index (χ2n) is 6.56. The van der Waals surface area contributed by atoms with E-state index in [1.54, 1.807) is 0 Å². The number of azo groups is 1. The summed E-state index contributed by atoms with van der Waals surface area (Å²) < 4.78 is 65.4. The number of phenols is 1. The standard InChI is InChI=1S/C18H17N3O10S3/c19-15-6-1-11-9-14(34(26,27)28)10-16(22)17(11)18(15)21-20-12-2-4-13(5-3-12)33(24,25)8-7-29-32-31-30-23/h1-6,9-10,22-23H,7-8,19H2,(H,26,27,28). The molecule has 5 N–H and O–H groups in total. The lowest BCUT2D eigenvalue weighted by Gasteiger charge is -2.09. The van der Waals surface area contributed by atoms with Crippen LogP contribution in [0.15, 0.2) is 68.6 Å². The van der Waals surface area contributed by atoms with E-state index in [9.17, 15) is 26.5 Å². The molecule has 3 rings (SSSR count). The molecule has 0 amide bonds. The molecule has 0 aliphatic carbocycles. The van der Waals surface area contributed by atoms with E-state index in [1.165, 1.54) is 36.4 Å². The Morgan fingerprint density at radius 1 is 0.971 bits per heavy atom. The highest BCUT2D eigenvalue weighted by Crippen LogP contribution is 2.40. The van der Waals surface area contributed by atoms with Gasteiger partial charge in [0.05, 0.1) is 38.9 Å². The normalized spacial score (nSPS) is 12.5. The van der Waals surface area contributed by atoms with Crippen LogP contribution in [0, 0.1) is 0 Å². The molecule has 182 valence electrons. The average Bonchev–Trinajstić information content (AvgIpc) is 2.78. The number of phenolic OH excluding ortho intramolecular Hbond substituents is 1. The van der Waals surface area contributed by atoms with Crippen LogP contribution in [0.25, 0.3) is 10.8 Å². The molecule has 0 unspecified atom stereocenters. The van der Waals surface area contributed by atoms with E-state index in [1.807, 2.05) is 0 Å². The molecule has 0 heterocycles. The summed E-state index contributed by atoms with van der Waals surface area (Å²) in [4.78, 5) is -0.500. The number of sulfone groups is 1. The Balaban J connectivity index is 1.84. The lowest BCUT2D eigenvalue weighted by Crippen LogP contribution is -2.10. The van der Waals surface area contributed by atoms with Crippen molar-refractivity contribution in [3.05, 3.63) is 48.5 Å². The molecule has 3 aromatic rings. The van der Waals surface area contributed by atoms with Crippen LogP contribution in [-0.2, 0) is 33.5 Å². The number of aromatic hydroxyl groups is 1. The molecule has 34 heavy (non-hydrogen) atoms. The smallest absolute Gasteiger partial charge is 0.294 e. The molecule has 3 aromatic carbocycles. The number of hydrogen-bond acceptors (Lipinski definition) is 13. The fourth-order valence-electron chi connectivity index (χ4n) is 2.83. The number of benzene rings is 3. The summed E-state index contributed by atoms with van der Waals surface area (Å²) in [5.74, 6) is -0.850. The Labute approximate surface area is 197 Å². The van der Waals surface area contributed by atoms with E-state index >= 15 is 0 Å². The van der Waals surface area contributed by atoms with Gasteiger partial charge in [0.2, 0.25) is 0 Å². The first-order valence-electron chi connectivity index (χ1n) is 9.06. The fraction of sp³-hybridized carbons (Fsp3) is 0.111. The van der Waals surface area contributed by atoms with Gasteiger partial charge in [0.1, 0.15) is 11.4 Å². The van der Waals surface area contributed by atoms with Crippen LogP contribution < -0.4 is 5.73 Å². The van der Waals surface area contributed by atoms with Gasteiger partial charge in [0, 0.05) is 6.07 Å². The number of nitrogens with zero attached hydrogens (tertiary/aromatic N) is 2. The van der Waals surface area contributed by atoms with Crippen molar-refractivity contribution in [2.24, 2.45) is 10.2 Å². The Morgan fingerprint density at radius 3 is 2.32 bits per heavy atom. The van der Waals surface area contributed by atoms with Crippen LogP contribution in [0.3, 0.4) is 0 Å². The van der Waals surface area contributed by atoms with Crippen molar-refractivity contribution in [1.29, 1.82) is 0 Å². The molecule has 0 aliphatic heterocycles. The quantitative estimate of drug-likeness (QED) is 0.0563. The molecule has 0 radical (unpaired) electrons. The lowest BCUT2D eigenvalue weighted by molar-refractivity contribution is -0.434. The molecule has 13 nitrogen and oxygen atoms in total. The van der Waals surface area contributed by atoms with Gasteiger partial charge in [-0.1, -0.05) is 11.1 Å². The van der Waals surface area contributed by atoms with Crippen LogP contribution in [0.2, 0.25) is 0 Å². The van der Waals surface area contributed by atoms with Crippen LogP contribution in [-0.4, -0.2) is 44.1 Å². The third-order valence-electron chi connectivity index (χ3n) is 4.38. The van der Waals surface area contributed by atoms with E-state index in [0.717, 1.165) is 12.1 Å². The third-order valence-corrected chi connectivity index (χ3v) is 7.28. The predicted molar refractivity (Wildman–Crippen MR) is 121 cm³/mol. The number of nitrogen functional groups attached to an aromatic ring is 1. The van der Waals surface area contributed by atoms with Gasteiger partial charge in [-0.05, 0) is 41.8 Å². The summed E-state index contributed by atoms with van der Waals surface area (Å²) >= 11 is 0.267. The van der Waals surface area contributed by atoms with Crippen molar-refractivity contribution in [1.82, 2.24) is 0 Å². The third kappa shape index (κ3) is 6.19. The SMILES string of the molecule is Nc1ccc2cc(S(=O)(=O)O)cc(O)c2c1N=Nc1ccc(S(=O)(=O)CCOSOOO)cc1. The van der Waals surface area contributed by atoms with Gasteiger partial charge in [0.25, 0.3) is 10.1 Å². The molecule has 0 fully saturated rings. The highest BCUT2D eigenvalue weighted by molar-refractivity contribution is 7.91. The van der Waals surface area contributed by atoms with Crippen LogP contribution in [0.4, 0.5) is 17.1 Å². The van der Waals surface area contributed by atoms with Gasteiger partial charge in [-0.15, -0.1) is 9.45 Å². The second-order valence-corrected chi connectivity index (χ2v) is 10.6. The number of fused-ring (bicyclic) bond motifs is 1. The van der Waals surface area contributed by atoms with Gasteiger partial charge >= 0.3 is 0 Å². The largest absolute Gasteiger partial charge is 0.507 e. The van der Waals surface area contributed by atoms with E-state index in [-0.39, 0.29) is 57.4 Å². The second kappa shape index (κ2) is 10.6. The van der Waals surface area contributed by atoms with Crippen LogP contribution in [0.1, 0.15) is 0 Å². The van der Waals surface area contributed by atoms with Crippen molar-refractivity contribution in [3.8, 4) is 5.75 Å². The number of nitrogens with two attached hydrogens (primary N) is 1. The predicted octanol–water partition coefficient (Wildman–Crippen LogP) is 3.56. The zero-order valence-corrected chi connectivity index (χ0v) is 19.4. The molecule has 0 saturated carbocycles. The number of hydrogen-bond donors (Lipinski definition) is 4. The minimum atomic E-state index is -4.55. The van der Waals surface area contributed by atoms with Crippen molar-refractivity contribution in [3.63, 3.8) is 0 Å². The maximum absolute atomic E-state index is 12.3. The minimum absolute atomic E-state index is 0.000520. The van der Waals surface area contributed by atoms with Crippen molar-refractivity contribution in [2.45, 2.75) is 9.79 Å². The first-order valence-corrected chi connectivity index (χ1v) is 12.8. The summed E-state index contributed by atoms with van der Waals surface area (Å²) in [5, 5.41) is 30.0. The van der Waals surface area contributed by atoms with Gasteiger partial charge in [-0.25, -0.2) is 13.7 Å². The fourth-order valence-corrected chi connectivity index (χ4v) is 4.77. The molecule has 16 heteroatoms. The van der Waals surface area contributed by atoms with E-state index in [4.69, 9.17) is 15.2 Å². The Bertz CT molecular complexity index is 1430. The monoisotopic (exact) mass is 531 g/mol. The Hall–Kier alpha value is -2.83. The first-order chi connectivity index (χ1) is 16.0. The van der Waals surface area contributed by atoms with E-state index in [2.05, 4.69) is 19.6 Å². The number of anilines is 1. The molecule has 0 atom stereocenters. The molecule has 0 spiro atoms. The van der Waals surface area contributed by atoms with Crippen LogP contribution in [0.5, 0.6) is 5.75 Å². The molecular formula is C18H17N3O10S3. The average molecular weight is 532 g/mol. The van der Waals surface area contributed by atoms with Crippen molar-refractivity contribution in [2.75, 3.05) is 18.1 Å². The lowest BCUT2D eigenvalue weighted by atomic mass is 10.1. The maximum Gasteiger partial charge on any atom is 0.294 e. The summed E-state index contributed by atoms with van der Waals surface area (Å²) in [6.07, 6.45) is 0. The van der Waals surface area contributed by atoms with Gasteiger partial charge in [0.15, 0.2) is 22.2 Å². The zero-order valence-electron chi connectivity index (χ0n) is 16.9. The molecule has 0 aromatic heterocycles. The van der Waals surface area contributed by atoms with E-state index < -0.39 is 30.6 Å². The molecular weight excluding hydrogens is 514 g/mol. The molecule has 0 aliphatic rings. The van der Waals surface area contributed by atoms with Crippen LogP contribution >= 0.6 is 12.3 Å². The highest BCUT2D eigenvalue weighted by atomic mass is 32.2. The Morgan fingerprint density at radius 2 is 1.68 bits per heavy atom.